The van der Waals surface area contributed by atoms with E-state index in [1.54, 1.807) is 0 Å². The molecule has 2 rings (SSSR count). The number of anilines is 2. The molecule has 0 aliphatic heterocycles. The van der Waals surface area contributed by atoms with E-state index < -0.39 is 4.92 Å². The van der Waals surface area contributed by atoms with Crippen LogP contribution in [0.2, 0.25) is 5.02 Å². The van der Waals surface area contributed by atoms with Crippen molar-refractivity contribution in [2.24, 2.45) is 0 Å². The van der Waals surface area contributed by atoms with Crippen molar-refractivity contribution in [1.82, 2.24) is 0 Å². The molecule has 0 spiro atoms. The number of hydrogen-bond acceptors (Lipinski definition) is 5. The van der Waals surface area contributed by atoms with Gasteiger partial charge in [-0.25, -0.2) is 0 Å². The molecule has 0 aromatic heterocycles. The zero-order valence-electron chi connectivity index (χ0n) is 10.4. The Balaban J connectivity index is 0.000000468. The van der Waals surface area contributed by atoms with Crippen molar-refractivity contribution in [2.45, 2.75) is 19.3 Å². The summed E-state index contributed by atoms with van der Waals surface area (Å²) in [6, 6.07) is 2.59. The van der Waals surface area contributed by atoms with Crippen molar-refractivity contribution in [3.8, 4) is 0 Å². The van der Waals surface area contributed by atoms with Crippen LogP contribution < -0.4 is 10.8 Å². The largest absolute Gasteiger partial charge is 0.397 e. The number of nitrogens with two attached hydrogens (primary N) is 1. The second kappa shape index (κ2) is 6.42. The Kier molecular flexibility index (Phi) is 5.18. The number of benzene rings is 1. The number of nitro groups is 1. The molecule has 6 nitrogen and oxygen atoms in total. The first-order chi connectivity index (χ1) is 8.47. The van der Waals surface area contributed by atoms with Gasteiger partial charge in [-0.2, -0.15) is 0 Å². The lowest BCUT2D eigenvalue weighted by atomic mass is 10.2. The molecule has 0 amide bonds. The molecule has 1 fully saturated rings. The van der Waals surface area contributed by atoms with Crippen LogP contribution in [0.4, 0.5) is 17.1 Å². The lowest BCUT2D eigenvalue weighted by Crippen LogP contribution is -2.16. The third-order valence-electron chi connectivity index (χ3n) is 2.26. The zero-order chi connectivity index (χ0) is 13.7. The highest BCUT2D eigenvalue weighted by molar-refractivity contribution is 6.33. The molecule has 100 valence electrons. The van der Waals surface area contributed by atoms with Gasteiger partial charge >= 0.3 is 0 Å². The molecule has 0 radical (unpaired) electrons. The van der Waals surface area contributed by atoms with Crippen molar-refractivity contribution in [2.75, 3.05) is 25.0 Å². The second-order valence-electron chi connectivity index (χ2n) is 3.86. The monoisotopic (exact) mass is 273 g/mol. The Hall–Kier alpha value is -1.53. The second-order valence-corrected chi connectivity index (χ2v) is 4.27. The Morgan fingerprint density at radius 3 is 2.39 bits per heavy atom. The number of rotatable bonds is 3. The summed E-state index contributed by atoms with van der Waals surface area (Å²) in [4.78, 5) is 15.0. The average molecular weight is 274 g/mol. The fourth-order valence-corrected chi connectivity index (χ4v) is 1.22. The first-order valence-corrected chi connectivity index (χ1v) is 5.86. The molecule has 0 saturated heterocycles. The summed E-state index contributed by atoms with van der Waals surface area (Å²) >= 11 is 5.69. The summed E-state index contributed by atoms with van der Waals surface area (Å²) in [7, 11) is 2.93. The zero-order valence-corrected chi connectivity index (χ0v) is 11.1. The normalized spacial score (nSPS) is 12.4. The van der Waals surface area contributed by atoms with Gasteiger partial charge in [0.2, 0.25) is 0 Å². The molecule has 0 bridgehead atoms. The highest BCUT2D eigenvalue weighted by Gasteiger charge is 2.19. The minimum absolute atomic E-state index is 0.148. The lowest BCUT2D eigenvalue weighted by molar-refractivity contribution is -0.384. The smallest absolute Gasteiger partial charge is 0.296 e. The Morgan fingerprint density at radius 2 is 2.00 bits per heavy atom. The third kappa shape index (κ3) is 4.05. The molecule has 1 aromatic carbocycles. The van der Waals surface area contributed by atoms with Crippen LogP contribution in [0.3, 0.4) is 0 Å². The molecular weight excluding hydrogens is 258 g/mol. The van der Waals surface area contributed by atoms with Crippen LogP contribution in [0, 0.1) is 10.1 Å². The van der Waals surface area contributed by atoms with Gasteiger partial charge < -0.3 is 5.73 Å². The summed E-state index contributed by atoms with van der Waals surface area (Å²) in [6.07, 6.45) is 4.50. The van der Waals surface area contributed by atoms with E-state index in [1.807, 2.05) is 0 Å². The van der Waals surface area contributed by atoms with E-state index in [4.69, 9.17) is 22.2 Å². The van der Waals surface area contributed by atoms with E-state index in [1.165, 1.54) is 50.6 Å². The molecule has 2 N–H and O–H groups in total. The average Bonchev–Trinajstić information content (AvgIpc) is 3.18. The van der Waals surface area contributed by atoms with Gasteiger partial charge in [0.25, 0.3) is 5.69 Å². The molecule has 0 unspecified atom stereocenters. The Bertz CT molecular complexity index is 435. The summed E-state index contributed by atoms with van der Waals surface area (Å²) in [5.74, 6) is 0. The molecule has 1 saturated carbocycles. The molecule has 18 heavy (non-hydrogen) atoms. The van der Waals surface area contributed by atoms with Gasteiger partial charge in [-0.3, -0.25) is 20.0 Å². The predicted molar refractivity (Wildman–Crippen MR) is 71.8 cm³/mol. The van der Waals surface area contributed by atoms with Gasteiger partial charge in [0, 0.05) is 13.1 Å². The highest BCUT2D eigenvalue weighted by atomic mass is 35.5. The number of nitrogens with zero attached hydrogens (tertiary/aromatic N) is 2. The maximum absolute atomic E-state index is 10.7. The van der Waals surface area contributed by atoms with Gasteiger partial charge in [0.15, 0.2) is 0 Å². The van der Waals surface area contributed by atoms with Gasteiger partial charge in [0.1, 0.15) is 5.69 Å². The van der Waals surface area contributed by atoms with Gasteiger partial charge in [-0.15, -0.1) is 0 Å². The molecule has 1 aromatic rings. The molecule has 7 heteroatoms. The van der Waals surface area contributed by atoms with Crippen LogP contribution >= 0.6 is 11.6 Å². The summed E-state index contributed by atoms with van der Waals surface area (Å²) < 4.78 is 0. The van der Waals surface area contributed by atoms with E-state index in [9.17, 15) is 10.1 Å². The molecule has 0 heterocycles. The SMILES string of the molecule is C1CC1.CON(C)c1cc(N)c(Cl)cc1[N+](=O)[O-]. The maximum atomic E-state index is 10.7. The van der Waals surface area contributed by atoms with E-state index in [0.717, 1.165) is 0 Å². The van der Waals surface area contributed by atoms with Crippen LogP contribution in [-0.2, 0) is 4.84 Å². The van der Waals surface area contributed by atoms with Gasteiger partial charge in [-0.1, -0.05) is 30.9 Å². The van der Waals surface area contributed by atoms with Crippen LogP contribution in [-0.4, -0.2) is 19.1 Å². The predicted octanol–water partition coefficient (Wildman–Crippen LogP) is 3.00. The van der Waals surface area contributed by atoms with Crippen LogP contribution in [0.1, 0.15) is 19.3 Å². The van der Waals surface area contributed by atoms with Crippen molar-refractivity contribution in [3.63, 3.8) is 0 Å². The van der Waals surface area contributed by atoms with Gasteiger partial charge in [0.05, 0.1) is 22.7 Å². The van der Waals surface area contributed by atoms with E-state index in [2.05, 4.69) is 0 Å². The van der Waals surface area contributed by atoms with E-state index >= 15 is 0 Å². The number of hydroxylamine groups is 1. The third-order valence-corrected chi connectivity index (χ3v) is 2.58. The Labute approximate surface area is 110 Å². The molecule has 1 aliphatic carbocycles. The van der Waals surface area contributed by atoms with Crippen LogP contribution in [0.25, 0.3) is 0 Å². The Morgan fingerprint density at radius 1 is 1.44 bits per heavy atom. The lowest BCUT2D eigenvalue weighted by Gasteiger charge is -2.16. The molecule has 1 aliphatic rings. The fourth-order valence-electron chi connectivity index (χ4n) is 1.06. The quantitative estimate of drug-likeness (QED) is 0.520. The van der Waals surface area contributed by atoms with Crippen LogP contribution in [0.5, 0.6) is 0 Å². The van der Waals surface area contributed by atoms with Crippen LogP contribution in [0.15, 0.2) is 12.1 Å². The van der Waals surface area contributed by atoms with Crippen molar-refractivity contribution in [3.05, 3.63) is 27.3 Å². The summed E-state index contributed by atoms with van der Waals surface area (Å²) in [6.45, 7) is 0. The minimum Gasteiger partial charge on any atom is -0.397 e. The summed E-state index contributed by atoms with van der Waals surface area (Å²) in [5, 5.41) is 12.1. The highest BCUT2D eigenvalue weighted by Crippen LogP contribution is 2.34. The topological polar surface area (TPSA) is 81.6 Å². The number of halogens is 1. The van der Waals surface area contributed by atoms with Crippen molar-refractivity contribution in [1.29, 1.82) is 0 Å². The van der Waals surface area contributed by atoms with E-state index in [-0.39, 0.29) is 22.1 Å². The first kappa shape index (κ1) is 14.5. The number of nitrogen functional groups attached to an aromatic ring is 1. The number of nitro benzene ring substituents is 1. The first-order valence-electron chi connectivity index (χ1n) is 5.48. The molecule has 0 atom stereocenters. The van der Waals surface area contributed by atoms with Crippen molar-refractivity contribution >= 4 is 28.7 Å². The fraction of sp³-hybridized carbons (Fsp3) is 0.455. The summed E-state index contributed by atoms with van der Waals surface area (Å²) in [5.41, 5.74) is 5.91. The maximum Gasteiger partial charge on any atom is 0.296 e. The van der Waals surface area contributed by atoms with E-state index in [0.29, 0.717) is 0 Å². The minimum atomic E-state index is -0.545. The van der Waals surface area contributed by atoms with Crippen molar-refractivity contribution < 1.29 is 9.76 Å². The standard InChI is InChI=1S/C8H10ClN3O3.C3H6/c1-11(15-2)7-4-6(10)5(9)3-8(7)12(13)14;1-2-3-1/h3-4H,10H2,1-2H3;1-3H2. The van der Waals surface area contributed by atoms with Gasteiger partial charge in [-0.05, 0) is 6.07 Å². The number of hydrogen-bond donors (Lipinski definition) is 1. The molecular formula is C11H16ClN3O3.